The van der Waals surface area contributed by atoms with E-state index in [1.54, 1.807) is 0 Å². The van der Waals surface area contributed by atoms with Crippen LogP contribution in [0.2, 0.25) is 0 Å². The third-order valence-electron chi connectivity index (χ3n) is 1.36. The van der Waals surface area contributed by atoms with Crippen LogP contribution in [0, 0.1) is 0 Å². The molecule has 0 heterocycles. The monoisotopic (exact) mass is 164 g/mol. The van der Waals surface area contributed by atoms with Crippen LogP contribution in [0.4, 0.5) is 4.39 Å². The number of nitrogens with two attached hydrogens (primary N) is 2. The van der Waals surface area contributed by atoms with Crippen molar-refractivity contribution in [1.29, 1.82) is 0 Å². The number of halogens is 1. The van der Waals surface area contributed by atoms with Gasteiger partial charge in [-0.15, -0.1) is 0 Å². The first-order valence-electron chi connectivity index (χ1n) is 3.38. The van der Waals surface area contributed by atoms with Crippen molar-refractivity contribution < 1.29 is 14.3 Å². The Morgan fingerprint density at radius 3 is 2.36 bits per heavy atom. The van der Waals surface area contributed by atoms with Crippen LogP contribution >= 0.6 is 0 Å². The highest BCUT2D eigenvalue weighted by atomic mass is 19.1. The molecule has 0 rings (SSSR count). The number of hydrogen-bond acceptors (Lipinski definition) is 3. The lowest BCUT2D eigenvalue weighted by molar-refractivity contribution is -0.138. The molecular formula is C6H13FN2O2. The van der Waals surface area contributed by atoms with Gasteiger partial charge in [-0.25, -0.2) is 4.39 Å². The Morgan fingerprint density at radius 2 is 2.00 bits per heavy atom. The van der Waals surface area contributed by atoms with Crippen LogP contribution in [0.25, 0.3) is 0 Å². The molecule has 0 radical (unpaired) electrons. The molecule has 0 amide bonds. The minimum atomic E-state index is -1.07. The lowest BCUT2D eigenvalue weighted by Crippen LogP contribution is -2.33. The zero-order chi connectivity index (χ0) is 8.85. The zero-order valence-electron chi connectivity index (χ0n) is 6.16. The Kier molecular flexibility index (Phi) is 4.72. The minimum Gasteiger partial charge on any atom is -0.480 e. The molecule has 4 nitrogen and oxygen atoms in total. The lowest BCUT2D eigenvalue weighted by atomic mass is 10.1. The third-order valence-corrected chi connectivity index (χ3v) is 1.36. The molecule has 0 aliphatic carbocycles. The van der Waals surface area contributed by atoms with Crippen molar-refractivity contribution in [2.24, 2.45) is 11.5 Å². The van der Waals surface area contributed by atoms with E-state index >= 15 is 0 Å². The summed E-state index contributed by atoms with van der Waals surface area (Å²) < 4.78 is 11.7. The van der Waals surface area contributed by atoms with Gasteiger partial charge in [0.2, 0.25) is 0 Å². The SMILES string of the molecule is N[C@H](CF)CC[C@@H](N)C(=O)O. The highest BCUT2D eigenvalue weighted by molar-refractivity contribution is 5.72. The van der Waals surface area contributed by atoms with Crippen molar-refractivity contribution in [2.75, 3.05) is 6.67 Å². The number of carbonyl (C=O) groups is 1. The second-order valence-electron chi connectivity index (χ2n) is 2.44. The minimum absolute atomic E-state index is 0.223. The first-order chi connectivity index (χ1) is 5.07. The average molecular weight is 164 g/mol. The van der Waals surface area contributed by atoms with E-state index in [4.69, 9.17) is 16.6 Å². The van der Waals surface area contributed by atoms with Crippen molar-refractivity contribution in [3.63, 3.8) is 0 Å². The standard InChI is InChI=1S/C6H13FN2O2/c7-3-4(8)1-2-5(9)6(10)11/h4-5H,1-3,8-9H2,(H,10,11)/t4-,5+/m0/s1. The first-order valence-corrected chi connectivity index (χ1v) is 3.38. The summed E-state index contributed by atoms with van der Waals surface area (Å²) in [6, 6.07) is -1.51. The van der Waals surface area contributed by atoms with Crippen molar-refractivity contribution >= 4 is 5.97 Å². The van der Waals surface area contributed by atoms with Gasteiger partial charge >= 0.3 is 5.97 Å². The summed E-state index contributed by atoms with van der Waals surface area (Å²) in [6.45, 7) is -0.633. The Hall–Kier alpha value is -0.680. The van der Waals surface area contributed by atoms with E-state index in [0.29, 0.717) is 6.42 Å². The van der Waals surface area contributed by atoms with E-state index in [1.807, 2.05) is 0 Å². The fourth-order valence-electron chi connectivity index (χ4n) is 0.594. The molecule has 0 saturated heterocycles. The smallest absolute Gasteiger partial charge is 0.320 e. The molecule has 5 heteroatoms. The normalized spacial score (nSPS) is 15.9. The summed E-state index contributed by atoms with van der Waals surface area (Å²) in [7, 11) is 0. The van der Waals surface area contributed by atoms with E-state index < -0.39 is 24.7 Å². The summed E-state index contributed by atoms with van der Waals surface area (Å²) in [6.07, 6.45) is 0.532. The molecule has 2 atom stereocenters. The van der Waals surface area contributed by atoms with Gasteiger partial charge in [0.1, 0.15) is 12.7 Å². The molecule has 0 saturated carbocycles. The first kappa shape index (κ1) is 10.3. The number of aliphatic carboxylic acids is 1. The molecule has 0 aromatic carbocycles. The summed E-state index contributed by atoms with van der Waals surface area (Å²) in [5.74, 6) is -1.07. The number of carboxylic acids is 1. The van der Waals surface area contributed by atoms with Gasteiger partial charge in [0.25, 0.3) is 0 Å². The molecule has 0 spiro atoms. The Labute approximate surface area is 64.4 Å². The highest BCUT2D eigenvalue weighted by Gasteiger charge is 2.12. The van der Waals surface area contributed by atoms with Crippen molar-refractivity contribution in [1.82, 2.24) is 0 Å². The van der Waals surface area contributed by atoms with Crippen molar-refractivity contribution in [3.8, 4) is 0 Å². The van der Waals surface area contributed by atoms with Gasteiger partial charge in [-0.3, -0.25) is 4.79 Å². The van der Waals surface area contributed by atoms with Crippen LogP contribution < -0.4 is 11.5 Å². The van der Waals surface area contributed by atoms with Crippen LogP contribution in [0.1, 0.15) is 12.8 Å². The predicted octanol–water partition coefficient (Wildman–Crippen LogP) is -0.525. The van der Waals surface area contributed by atoms with Crippen molar-refractivity contribution in [2.45, 2.75) is 24.9 Å². The largest absolute Gasteiger partial charge is 0.480 e. The predicted molar refractivity (Wildman–Crippen MR) is 38.8 cm³/mol. The number of alkyl halides is 1. The maximum Gasteiger partial charge on any atom is 0.320 e. The Bertz CT molecular complexity index is 132. The van der Waals surface area contributed by atoms with Crippen LogP contribution in [-0.4, -0.2) is 29.8 Å². The Morgan fingerprint density at radius 1 is 1.45 bits per heavy atom. The highest BCUT2D eigenvalue weighted by Crippen LogP contribution is 1.98. The summed E-state index contributed by atoms with van der Waals surface area (Å²) in [5.41, 5.74) is 10.3. The summed E-state index contributed by atoms with van der Waals surface area (Å²) in [5, 5.41) is 8.31. The van der Waals surface area contributed by atoms with Crippen LogP contribution in [0.3, 0.4) is 0 Å². The zero-order valence-corrected chi connectivity index (χ0v) is 6.16. The average Bonchev–Trinajstić information content (AvgIpc) is 1.99. The van der Waals surface area contributed by atoms with Gasteiger partial charge in [-0.1, -0.05) is 0 Å². The van der Waals surface area contributed by atoms with Gasteiger partial charge in [0.15, 0.2) is 0 Å². The van der Waals surface area contributed by atoms with Gasteiger partial charge in [0, 0.05) is 6.04 Å². The van der Waals surface area contributed by atoms with Gasteiger partial charge in [-0.05, 0) is 12.8 Å². The number of rotatable bonds is 5. The summed E-state index contributed by atoms with van der Waals surface area (Å²) in [4.78, 5) is 10.1. The molecule has 0 unspecified atom stereocenters. The quantitative estimate of drug-likeness (QED) is 0.509. The van der Waals surface area contributed by atoms with E-state index in [-0.39, 0.29) is 6.42 Å². The van der Waals surface area contributed by atoms with E-state index in [0.717, 1.165) is 0 Å². The van der Waals surface area contributed by atoms with E-state index in [2.05, 4.69) is 0 Å². The van der Waals surface area contributed by atoms with Crippen LogP contribution in [0.5, 0.6) is 0 Å². The summed E-state index contributed by atoms with van der Waals surface area (Å²) >= 11 is 0. The van der Waals surface area contributed by atoms with Gasteiger partial charge in [-0.2, -0.15) is 0 Å². The molecule has 11 heavy (non-hydrogen) atoms. The van der Waals surface area contributed by atoms with Crippen LogP contribution in [-0.2, 0) is 4.79 Å². The van der Waals surface area contributed by atoms with E-state index in [9.17, 15) is 9.18 Å². The number of carboxylic acid groups (broad SMARTS) is 1. The van der Waals surface area contributed by atoms with E-state index in [1.165, 1.54) is 0 Å². The van der Waals surface area contributed by atoms with Gasteiger partial charge < -0.3 is 16.6 Å². The molecule has 0 aliphatic heterocycles. The van der Waals surface area contributed by atoms with Crippen molar-refractivity contribution in [3.05, 3.63) is 0 Å². The molecule has 0 aromatic rings. The third kappa shape index (κ3) is 4.69. The second-order valence-corrected chi connectivity index (χ2v) is 2.44. The molecule has 0 fully saturated rings. The fraction of sp³-hybridized carbons (Fsp3) is 0.833. The lowest BCUT2D eigenvalue weighted by Gasteiger charge is -2.08. The molecule has 5 N–H and O–H groups in total. The molecule has 0 bridgehead atoms. The van der Waals surface area contributed by atoms with Crippen LogP contribution in [0.15, 0.2) is 0 Å². The number of hydrogen-bond donors (Lipinski definition) is 3. The molecule has 66 valence electrons. The second kappa shape index (κ2) is 5.03. The van der Waals surface area contributed by atoms with Gasteiger partial charge in [0.05, 0.1) is 0 Å². The maximum atomic E-state index is 11.7. The fourth-order valence-corrected chi connectivity index (χ4v) is 0.594. The molecule has 0 aromatic heterocycles. The Balaban J connectivity index is 3.45. The maximum absolute atomic E-state index is 11.7. The topological polar surface area (TPSA) is 89.3 Å². The molecule has 0 aliphatic rings. The molecular weight excluding hydrogens is 151 g/mol.